The average Bonchev–Trinajstić information content (AvgIpc) is 3.29. The van der Waals surface area contributed by atoms with Gasteiger partial charge in [-0.05, 0) is 72.4 Å². The van der Waals surface area contributed by atoms with Gasteiger partial charge in [-0.2, -0.15) is 10.6 Å². The fourth-order valence-corrected chi connectivity index (χ4v) is 6.68. The number of sulfonamides is 1. The molecule has 9 nitrogen and oxygen atoms in total. The highest BCUT2D eigenvalue weighted by Gasteiger charge is 2.49. The summed E-state index contributed by atoms with van der Waals surface area (Å²) >= 11 is 0. The molecule has 0 aromatic heterocycles. The number of hydroxylamine groups is 1. The zero-order chi connectivity index (χ0) is 23.1. The highest BCUT2D eigenvalue weighted by atomic mass is 32.2. The molecule has 10 heteroatoms. The van der Waals surface area contributed by atoms with Crippen LogP contribution in [0.3, 0.4) is 0 Å². The molecule has 2 N–H and O–H groups in total. The standard InChI is InChI=1S/C22H35N5O4S/c1-15-12-16(31-24-15)14-27-21(28)19-13-17(32(29,30)25-22(2)9-10-22)7-8-18(19)20(23-27)6-5-11-26(3)4/h15-19,24-25H,7-14H2,1-4H3. The summed E-state index contributed by atoms with van der Waals surface area (Å²) in [6.45, 7) is 4.90. The molecule has 178 valence electrons. The van der Waals surface area contributed by atoms with Gasteiger partial charge in [0.1, 0.15) is 11.8 Å². The van der Waals surface area contributed by atoms with Crippen LogP contribution in [0.5, 0.6) is 0 Å². The molecule has 2 saturated carbocycles. The molecule has 0 aromatic rings. The maximum Gasteiger partial charge on any atom is 0.246 e. The van der Waals surface area contributed by atoms with Crippen LogP contribution in [-0.4, -0.2) is 80.1 Å². The molecule has 5 atom stereocenters. The number of carbonyl (C=O) groups is 1. The number of hydrogen-bond donors (Lipinski definition) is 2. The number of nitrogens with zero attached hydrogens (tertiary/aromatic N) is 3. The van der Waals surface area contributed by atoms with Gasteiger partial charge < -0.3 is 0 Å². The molecular formula is C22H35N5O4S. The van der Waals surface area contributed by atoms with Gasteiger partial charge in [-0.3, -0.25) is 14.5 Å². The van der Waals surface area contributed by atoms with Crippen LogP contribution < -0.4 is 10.2 Å². The SMILES string of the molecule is CC1CC(CN2N=C(C#CCN(C)C)C3CCC(S(=O)(=O)NC4(C)CC4)CC3C2=O)ON1. The monoisotopic (exact) mass is 465 g/mol. The summed E-state index contributed by atoms with van der Waals surface area (Å²) < 4.78 is 28.9. The normalized spacial score (nSPS) is 34.0. The Morgan fingerprint density at radius 1 is 1.28 bits per heavy atom. The number of carbonyl (C=O) groups excluding carboxylic acids is 1. The predicted octanol–water partition coefficient (Wildman–Crippen LogP) is 0.688. The van der Waals surface area contributed by atoms with E-state index in [-0.39, 0.29) is 29.5 Å². The van der Waals surface area contributed by atoms with Crippen molar-refractivity contribution in [3.63, 3.8) is 0 Å². The lowest BCUT2D eigenvalue weighted by atomic mass is 9.75. The van der Waals surface area contributed by atoms with Crippen LogP contribution in [0.2, 0.25) is 0 Å². The maximum atomic E-state index is 13.4. The second-order valence-electron chi connectivity index (χ2n) is 10.3. The minimum absolute atomic E-state index is 0.117. The van der Waals surface area contributed by atoms with Crippen molar-refractivity contribution in [1.29, 1.82) is 0 Å². The summed E-state index contributed by atoms with van der Waals surface area (Å²) in [5.74, 6) is 5.65. The van der Waals surface area contributed by atoms with E-state index in [0.717, 1.165) is 19.3 Å². The van der Waals surface area contributed by atoms with Gasteiger partial charge in [0.15, 0.2) is 0 Å². The molecular weight excluding hydrogens is 430 g/mol. The van der Waals surface area contributed by atoms with E-state index in [2.05, 4.69) is 27.1 Å². The van der Waals surface area contributed by atoms with Gasteiger partial charge >= 0.3 is 0 Å². The Morgan fingerprint density at radius 2 is 2.03 bits per heavy atom. The number of fused-ring (bicyclic) bond motifs is 1. The molecule has 5 unspecified atom stereocenters. The molecule has 4 aliphatic rings. The van der Waals surface area contributed by atoms with Crippen LogP contribution in [0.1, 0.15) is 52.4 Å². The van der Waals surface area contributed by atoms with E-state index in [1.165, 1.54) is 5.01 Å². The summed E-state index contributed by atoms with van der Waals surface area (Å²) in [5.41, 5.74) is 3.31. The molecule has 0 radical (unpaired) electrons. The fraction of sp³-hybridized carbons (Fsp3) is 0.818. The van der Waals surface area contributed by atoms with Crippen LogP contribution in [0.15, 0.2) is 5.10 Å². The lowest BCUT2D eigenvalue weighted by Crippen LogP contribution is -2.52. The van der Waals surface area contributed by atoms with Gasteiger partial charge in [-0.1, -0.05) is 5.92 Å². The van der Waals surface area contributed by atoms with Gasteiger partial charge in [-0.25, -0.2) is 18.1 Å². The number of nitrogens with one attached hydrogen (secondary N) is 2. The minimum atomic E-state index is -3.48. The van der Waals surface area contributed by atoms with Crippen molar-refractivity contribution in [1.82, 2.24) is 20.1 Å². The molecule has 2 heterocycles. The van der Waals surface area contributed by atoms with Crippen LogP contribution >= 0.6 is 0 Å². The second kappa shape index (κ2) is 9.03. The maximum absolute atomic E-state index is 13.4. The third-order valence-electron chi connectivity index (χ3n) is 6.82. The summed E-state index contributed by atoms with van der Waals surface area (Å²) in [4.78, 5) is 20.9. The zero-order valence-electron chi connectivity index (χ0n) is 19.4. The molecule has 0 spiro atoms. The van der Waals surface area contributed by atoms with Crippen LogP contribution in [0, 0.1) is 23.7 Å². The van der Waals surface area contributed by atoms with Crippen molar-refractivity contribution in [3.05, 3.63) is 0 Å². The topological polar surface area (TPSA) is 103 Å². The van der Waals surface area contributed by atoms with Gasteiger partial charge in [0.05, 0.1) is 24.3 Å². The van der Waals surface area contributed by atoms with Crippen LogP contribution in [0.4, 0.5) is 0 Å². The summed E-state index contributed by atoms with van der Waals surface area (Å²) in [6, 6.07) is 0.218. The van der Waals surface area contributed by atoms with Crippen molar-refractivity contribution in [2.24, 2.45) is 16.9 Å². The van der Waals surface area contributed by atoms with E-state index in [0.29, 0.717) is 38.1 Å². The third kappa shape index (κ3) is 5.34. The first-order valence-corrected chi connectivity index (χ1v) is 13.1. The molecule has 3 fully saturated rings. The Kier molecular flexibility index (Phi) is 6.67. The molecule has 32 heavy (non-hydrogen) atoms. The van der Waals surface area contributed by atoms with E-state index in [9.17, 15) is 13.2 Å². The van der Waals surface area contributed by atoms with Crippen LogP contribution in [0.25, 0.3) is 0 Å². The minimum Gasteiger partial charge on any atom is -0.299 e. The van der Waals surface area contributed by atoms with Crippen molar-refractivity contribution in [2.45, 2.75) is 75.3 Å². The van der Waals surface area contributed by atoms with Gasteiger partial charge in [0.25, 0.3) is 0 Å². The molecule has 1 amide bonds. The van der Waals surface area contributed by atoms with Gasteiger partial charge in [-0.15, -0.1) is 0 Å². The third-order valence-corrected chi connectivity index (χ3v) is 8.90. The number of amides is 1. The van der Waals surface area contributed by atoms with E-state index in [1.807, 2.05) is 32.8 Å². The largest absolute Gasteiger partial charge is 0.299 e. The molecule has 0 bridgehead atoms. The quantitative estimate of drug-likeness (QED) is 0.560. The Bertz CT molecular complexity index is 934. The van der Waals surface area contributed by atoms with Crippen molar-refractivity contribution in [2.75, 3.05) is 27.2 Å². The summed E-state index contributed by atoms with van der Waals surface area (Å²) in [5, 5.41) is 5.53. The highest BCUT2D eigenvalue weighted by molar-refractivity contribution is 7.90. The number of hydrogen-bond acceptors (Lipinski definition) is 7. The van der Waals surface area contributed by atoms with Crippen molar-refractivity contribution < 1.29 is 18.0 Å². The summed E-state index contributed by atoms with van der Waals surface area (Å²) in [6.07, 6.45) is 3.79. The van der Waals surface area contributed by atoms with Crippen molar-refractivity contribution >= 4 is 21.6 Å². The van der Waals surface area contributed by atoms with E-state index in [4.69, 9.17) is 4.84 Å². The lowest BCUT2D eigenvalue weighted by molar-refractivity contribution is -0.141. The van der Waals surface area contributed by atoms with E-state index < -0.39 is 21.2 Å². The number of hydrazone groups is 1. The predicted molar refractivity (Wildman–Crippen MR) is 122 cm³/mol. The van der Waals surface area contributed by atoms with E-state index in [1.54, 1.807) is 0 Å². The van der Waals surface area contributed by atoms with Gasteiger partial charge in [0.2, 0.25) is 15.9 Å². The fourth-order valence-electron chi connectivity index (χ4n) is 4.72. The first-order chi connectivity index (χ1) is 15.1. The zero-order valence-corrected chi connectivity index (χ0v) is 20.2. The van der Waals surface area contributed by atoms with Gasteiger partial charge in [0, 0.05) is 17.5 Å². The van der Waals surface area contributed by atoms with Crippen LogP contribution in [-0.2, 0) is 19.7 Å². The summed E-state index contributed by atoms with van der Waals surface area (Å²) in [7, 11) is 0.416. The Morgan fingerprint density at radius 3 is 2.66 bits per heavy atom. The molecule has 1 saturated heterocycles. The number of rotatable bonds is 6. The smallest absolute Gasteiger partial charge is 0.246 e. The average molecular weight is 466 g/mol. The highest BCUT2D eigenvalue weighted by Crippen LogP contribution is 2.41. The first kappa shape index (κ1) is 23.6. The Hall–Kier alpha value is -1.51. The molecule has 2 aliphatic carbocycles. The lowest BCUT2D eigenvalue weighted by Gasteiger charge is -2.40. The van der Waals surface area contributed by atoms with Crippen molar-refractivity contribution in [3.8, 4) is 11.8 Å². The second-order valence-corrected chi connectivity index (χ2v) is 12.3. The Labute approximate surface area is 191 Å². The first-order valence-electron chi connectivity index (χ1n) is 11.5. The van der Waals surface area contributed by atoms with E-state index >= 15 is 0 Å². The Balaban J connectivity index is 1.54. The molecule has 2 aliphatic heterocycles. The molecule has 4 rings (SSSR count). The molecule has 0 aromatic carbocycles.